The number of methoxy groups -OCH3 is 1. The van der Waals surface area contributed by atoms with E-state index in [9.17, 15) is 0 Å². The number of hydrogen-bond acceptors (Lipinski definition) is 3. The summed E-state index contributed by atoms with van der Waals surface area (Å²) in [4.78, 5) is 4.47. The van der Waals surface area contributed by atoms with E-state index < -0.39 is 0 Å². The standard InChI is InChI=1S/C14H18ClN3O/c1-10-4-5-12(15)13(8-10)17-14-16-11(2)9-18(14)6-7-19-3/h4-5,8-9H,6-7H2,1-3H3,(H,16,17). The predicted octanol–water partition coefficient (Wildman–Crippen LogP) is 3.54. The van der Waals surface area contributed by atoms with Crippen molar-refractivity contribution in [2.45, 2.75) is 20.4 Å². The van der Waals surface area contributed by atoms with E-state index in [2.05, 4.69) is 10.3 Å². The number of benzene rings is 1. The zero-order valence-electron chi connectivity index (χ0n) is 11.4. The molecule has 0 atom stereocenters. The number of hydrogen-bond donors (Lipinski definition) is 1. The number of nitrogens with one attached hydrogen (secondary N) is 1. The summed E-state index contributed by atoms with van der Waals surface area (Å²) in [6.45, 7) is 5.39. The minimum Gasteiger partial charge on any atom is -0.383 e. The molecule has 19 heavy (non-hydrogen) atoms. The minimum absolute atomic E-state index is 0.645. The zero-order chi connectivity index (χ0) is 13.8. The van der Waals surface area contributed by atoms with Gasteiger partial charge < -0.3 is 14.6 Å². The van der Waals surface area contributed by atoms with Crippen LogP contribution in [0.3, 0.4) is 0 Å². The lowest BCUT2D eigenvalue weighted by Gasteiger charge is -2.11. The second-order valence-corrected chi connectivity index (χ2v) is 4.91. The van der Waals surface area contributed by atoms with E-state index >= 15 is 0 Å². The molecular formula is C14H18ClN3O. The Hall–Kier alpha value is -1.52. The maximum atomic E-state index is 6.19. The van der Waals surface area contributed by atoms with Crippen LogP contribution in [0, 0.1) is 13.8 Å². The summed E-state index contributed by atoms with van der Waals surface area (Å²) in [5.41, 5.74) is 2.98. The highest BCUT2D eigenvalue weighted by Gasteiger charge is 2.08. The number of halogens is 1. The summed E-state index contributed by atoms with van der Waals surface area (Å²) >= 11 is 6.19. The Bertz CT molecular complexity index is 566. The zero-order valence-corrected chi connectivity index (χ0v) is 12.2. The van der Waals surface area contributed by atoms with Crippen LogP contribution in [0.15, 0.2) is 24.4 Å². The second kappa shape index (κ2) is 6.08. The Balaban J connectivity index is 2.24. The highest BCUT2D eigenvalue weighted by atomic mass is 35.5. The average molecular weight is 280 g/mol. The first-order valence-electron chi connectivity index (χ1n) is 6.16. The molecule has 0 spiro atoms. The fourth-order valence-corrected chi connectivity index (χ4v) is 2.03. The molecule has 0 aliphatic heterocycles. The van der Waals surface area contributed by atoms with Gasteiger partial charge in [-0.25, -0.2) is 4.98 Å². The molecule has 102 valence electrons. The van der Waals surface area contributed by atoms with E-state index in [0.29, 0.717) is 11.6 Å². The Morgan fingerprint density at radius 1 is 1.37 bits per heavy atom. The normalized spacial score (nSPS) is 10.7. The molecule has 5 heteroatoms. The molecule has 0 fully saturated rings. The molecule has 0 bridgehead atoms. The van der Waals surface area contributed by atoms with Crippen molar-refractivity contribution in [2.75, 3.05) is 19.0 Å². The molecule has 1 N–H and O–H groups in total. The maximum Gasteiger partial charge on any atom is 0.207 e. The predicted molar refractivity (Wildman–Crippen MR) is 78.3 cm³/mol. The lowest BCUT2D eigenvalue weighted by molar-refractivity contribution is 0.188. The first-order chi connectivity index (χ1) is 9.10. The van der Waals surface area contributed by atoms with E-state index in [1.807, 2.05) is 42.8 Å². The molecule has 0 aliphatic carbocycles. The van der Waals surface area contributed by atoms with Crippen LogP contribution in [-0.4, -0.2) is 23.3 Å². The van der Waals surface area contributed by atoms with Gasteiger partial charge in [-0.15, -0.1) is 0 Å². The van der Waals surface area contributed by atoms with Crippen molar-refractivity contribution in [2.24, 2.45) is 0 Å². The third-order valence-electron chi connectivity index (χ3n) is 2.80. The third kappa shape index (κ3) is 3.49. The molecule has 2 rings (SSSR count). The van der Waals surface area contributed by atoms with Crippen LogP contribution in [-0.2, 0) is 11.3 Å². The van der Waals surface area contributed by atoms with Gasteiger partial charge in [-0.05, 0) is 31.5 Å². The van der Waals surface area contributed by atoms with Crippen molar-refractivity contribution in [3.8, 4) is 0 Å². The maximum absolute atomic E-state index is 6.19. The Morgan fingerprint density at radius 3 is 2.89 bits per heavy atom. The van der Waals surface area contributed by atoms with Gasteiger partial charge >= 0.3 is 0 Å². The minimum atomic E-state index is 0.645. The van der Waals surface area contributed by atoms with Gasteiger partial charge in [-0.1, -0.05) is 17.7 Å². The van der Waals surface area contributed by atoms with Crippen molar-refractivity contribution in [3.63, 3.8) is 0 Å². The van der Waals surface area contributed by atoms with Crippen LogP contribution in [0.1, 0.15) is 11.3 Å². The van der Waals surface area contributed by atoms with Crippen LogP contribution >= 0.6 is 11.6 Å². The van der Waals surface area contributed by atoms with Gasteiger partial charge in [0.2, 0.25) is 5.95 Å². The van der Waals surface area contributed by atoms with Gasteiger partial charge in [0.15, 0.2) is 0 Å². The molecule has 0 unspecified atom stereocenters. The number of rotatable bonds is 5. The SMILES string of the molecule is COCCn1cc(C)nc1Nc1cc(C)ccc1Cl. The van der Waals surface area contributed by atoms with Crippen LogP contribution in [0.4, 0.5) is 11.6 Å². The van der Waals surface area contributed by atoms with Crippen LogP contribution in [0.25, 0.3) is 0 Å². The molecule has 4 nitrogen and oxygen atoms in total. The van der Waals surface area contributed by atoms with E-state index in [1.54, 1.807) is 7.11 Å². The second-order valence-electron chi connectivity index (χ2n) is 4.50. The van der Waals surface area contributed by atoms with Crippen LogP contribution in [0.5, 0.6) is 0 Å². The van der Waals surface area contributed by atoms with Gasteiger partial charge in [0.05, 0.1) is 23.0 Å². The summed E-state index contributed by atoms with van der Waals surface area (Å²) in [6, 6.07) is 5.87. The summed E-state index contributed by atoms with van der Waals surface area (Å²) in [6.07, 6.45) is 1.99. The van der Waals surface area contributed by atoms with Crippen molar-refractivity contribution in [1.82, 2.24) is 9.55 Å². The topological polar surface area (TPSA) is 39.1 Å². The smallest absolute Gasteiger partial charge is 0.207 e. The van der Waals surface area contributed by atoms with Crippen molar-refractivity contribution in [3.05, 3.63) is 40.7 Å². The monoisotopic (exact) mass is 279 g/mol. The lowest BCUT2D eigenvalue weighted by Crippen LogP contribution is -2.07. The van der Waals surface area contributed by atoms with Gasteiger partial charge in [-0.3, -0.25) is 0 Å². The molecule has 1 aromatic heterocycles. The lowest BCUT2D eigenvalue weighted by atomic mass is 10.2. The molecule has 0 saturated carbocycles. The number of aryl methyl sites for hydroxylation is 2. The average Bonchev–Trinajstić information content (AvgIpc) is 2.71. The summed E-state index contributed by atoms with van der Waals surface area (Å²) in [5, 5.41) is 3.96. The van der Waals surface area contributed by atoms with Gasteiger partial charge in [-0.2, -0.15) is 0 Å². The largest absolute Gasteiger partial charge is 0.383 e. The molecule has 0 aliphatic rings. The highest BCUT2D eigenvalue weighted by Crippen LogP contribution is 2.26. The number of nitrogens with zero attached hydrogens (tertiary/aromatic N) is 2. The summed E-state index contributed by atoms with van der Waals surface area (Å²) in [5.74, 6) is 0.780. The molecule has 0 radical (unpaired) electrons. The highest BCUT2D eigenvalue weighted by molar-refractivity contribution is 6.33. The van der Waals surface area contributed by atoms with Gasteiger partial charge in [0.1, 0.15) is 0 Å². The number of imidazole rings is 1. The molecular weight excluding hydrogens is 262 g/mol. The Morgan fingerprint density at radius 2 is 2.16 bits per heavy atom. The Labute approximate surface area is 118 Å². The first-order valence-corrected chi connectivity index (χ1v) is 6.54. The van der Waals surface area contributed by atoms with E-state index in [1.165, 1.54) is 0 Å². The quantitative estimate of drug-likeness (QED) is 0.910. The molecule has 2 aromatic rings. The first kappa shape index (κ1) is 13.9. The third-order valence-corrected chi connectivity index (χ3v) is 3.13. The molecule has 0 amide bonds. The molecule has 1 heterocycles. The molecule has 1 aromatic carbocycles. The fourth-order valence-electron chi connectivity index (χ4n) is 1.86. The van der Waals surface area contributed by atoms with Gasteiger partial charge in [0.25, 0.3) is 0 Å². The van der Waals surface area contributed by atoms with Crippen molar-refractivity contribution in [1.29, 1.82) is 0 Å². The number of aromatic nitrogens is 2. The molecule has 0 saturated heterocycles. The number of anilines is 2. The van der Waals surface area contributed by atoms with E-state index in [0.717, 1.165) is 29.4 Å². The summed E-state index contributed by atoms with van der Waals surface area (Å²) < 4.78 is 7.13. The van der Waals surface area contributed by atoms with E-state index in [-0.39, 0.29) is 0 Å². The fraction of sp³-hybridized carbons (Fsp3) is 0.357. The van der Waals surface area contributed by atoms with Crippen molar-refractivity contribution >= 4 is 23.2 Å². The van der Waals surface area contributed by atoms with Gasteiger partial charge in [0, 0.05) is 19.9 Å². The van der Waals surface area contributed by atoms with E-state index in [4.69, 9.17) is 16.3 Å². The van der Waals surface area contributed by atoms with Crippen molar-refractivity contribution < 1.29 is 4.74 Å². The van der Waals surface area contributed by atoms with Crippen LogP contribution < -0.4 is 5.32 Å². The summed E-state index contributed by atoms with van der Waals surface area (Å²) in [7, 11) is 1.69. The Kier molecular flexibility index (Phi) is 4.45. The number of ether oxygens (including phenoxy) is 1. The van der Waals surface area contributed by atoms with Crippen LogP contribution in [0.2, 0.25) is 5.02 Å².